The van der Waals surface area contributed by atoms with Crippen LogP contribution in [0.2, 0.25) is 0 Å². The fraction of sp³-hybridized carbons (Fsp3) is 0.417. The van der Waals surface area contributed by atoms with E-state index in [0.29, 0.717) is 6.54 Å². The highest BCUT2D eigenvalue weighted by molar-refractivity contribution is 9.10. The van der Waals surface area contributed by atoms with E-state index in [-0.39, 0.29) is 12.1 Å². The summed E-state index contributed by atoms with van der Waals surface area (Å²) in [6.45, 7) is 7.17. The number of piperidine rings is 1. The summed E-state index contributed by atoms with van der Waals surface area (Å²) in [6, 6.07) is 7.80. The third-order valence-electron chi connectivity index (χ3n) is 5.44. The van der Waals surface area contributed by atoms with Crippen LogP contribution in [0.1, 0.15) is 33.6 Å². The van der Waals surface area contributed by atoms with E-state index in [1.807, 2.05) is 57.4 Å². The molecule has 176 valence electrons. The number of H-pyrrole nitrogens is 1. The van der Waals surface area contributed by atoms with Crippen molar-refractivity contribution in [2.24, 2.45) is 0 Å². The molecule has 0 saturated carbocycles. The lowest BCUT2D eigenvalue weighted by atomic mass is 10.0. The van der Waals surface area contributed by atoms with E-state index in [1.165, 1.54) is 0 Å². The van der Waals surface area contributed by atoms with Gasteiger partial charge >= 0.3 is 6.09 Å². The molecule has 1 fully saturated rings. The third-order valence-corrected chi connectivity index (χ3v) is 6.02. The number of anilines is 3. The highest BCUT2D eigenvalue weighted by atomic mass is 79.9. The first kappa shape index (κ1) is 23.2. The molecule has 0 radical (unpaired) electrons. The summed E-state index contributed by atoms with van der Waals surface area (Å²) in [5.74, 6) is 0.784. The quantitative estimate of drug-likeness (QED) is 0.411. The number of carbonyl (C=O) groups is 1. The minimum absolute atomic E-state index is 0.00236. The van der Waals surface area contributed by atoms with Crippen LogP contribution in [0.15, 0.2) is 41.1 Å². The molecule has 0 bridgehead atoms. The van der Waals surface area contributed by atoms with Crippen LogP contribution in [0.3, 0.4) is 0 Å². The summed E-state index contributed by atoms with van der Waals surface area (Å²) in [6.07, 6.45) is 5.22. The highest BCUT2D eigenvalue weighted by Gasteiger charge is 2.27. The van der Waals surface area contributed by atoms with E-state index in [1.54, 1.807) is 7.11 Å². The molecule has 33 heavy (non-hydrogen) atoms. The molecular formula is C24H30BrN5O3. The summed E-state index contributed by atoms with van der Waals surface area (Å²) < 4.78 is 11.7. The van der Waals surface area contributed by atoms with Crippen LogP contribution in [0.5, 0.6) is 5.75 Å². The molecule has 3 heterocycles. The van der Waals surface area contributed by atoms with Gasteiger partial charge in [0.25, 0.3) is 0 Å². The largest absolute Gasteiger partial charge is 0.497 e. The summed E-state index contributed by atoms with van der Waals surface area (Å²) in [7, 11) is 1.65. The number of aromatic nitrogens is 2. The minimum atomic E-state index is -0.523. The molecule has 1 aliphatic rings. The maximum atomic E-state index is 12.3. The zero-order valence-electron chi connectivity index (χ0n) is 19.4. The second-order valence-corrected chi connectivity index (χ2v) is 10.0. The number of hydrogen-bond acceptors (Lipinski definition) is 6. The number of carbonyl (C=O) groups excluding carboxylic acids is 1. The van der Waals surface area contributed by atoms with E-state index in [0.717, 1.165) is 57.7 Å². The Balaban J connectivity index is 1.61. The van der Waals surface area contributed by atoms with Crippen molar-refractivity contribution in [2.75, 3.05) is 30.4 Å². The lowest BCUT2D eigenvalue weighted by molar-refractivity contribution is 0.0500. The molecule has 1 atom stereocenters. The van der Waals surface area contributed by atoms with Gasteiger partial charge in [-0.15, -0.1) is 0 Å². The maximum Gasteiger partial charge on any atom is 0.407 e. The zero-order chi connectivity index (χ0) is 23.6. The molecule has 2 aromatic heterocycles. The Morgan fingerprint density at radius 3 is 2.91 bits per heavy atom. The smallest absolute Gasteiger partial charge is 0.407 e. The van der Waals surface area contributed by atoms with Crippen LogP contribution in [-0.4, -0.2) is 47.9 Å². The summed E-state index contributed by atoms with van der Waals surface area (Å²) in [4.78, 5) is 22.4. The number of nitrogens with zero attached hydrogens (tertiary/aromatic N) is 2. The Morgan fingerprint density at radius 2 is 2.15 bits per heavy atom. The van der Waals surface area contributed by atoms with E-state index in [9.17, 15) is 4.79 Å². The fourth-order valence-electron chi connectivity index (χ4n) is 4.09. The van der Waals surface area contributed by atoms with Crippen LogP contribution >= 0.6 is 15.9 Å². The molecule has 8 nitrogen and oxygen atoms in total. The van der Waals surface area contributed by atoms with Gasteiger partial charge in [0, 0.05) is 43.3 Å². The van der Waals surface area contributed by atoms with E-state index in [4.69, 9.17) is 9.47 Å². The molecule has 1 saturated heterocycles. The summed E-state index contributed by atoms with van der Waals surface area (Å²) in [5, 5.41) is 7.51. The van der Waals surface area contributed by atoms with Gasteiger partial charge < -0.3 is 30.0 Å². The zero-order valence-corrected chi connectivity index (χ0v) is 21.0. The maximum absolute atomic E-state index is 12.3. The fourth-order valence-corrected chi connectivity index (χ4v) is 4.64. The number of halogens is 1. The van der Waals surface area contributed by atoms with Gasteiger partial charge in [0.2, 0.25) is 0 Å². The van der Waals surface area contributed by atoms with Crippen LogP contribution in [0.25, 0.3) is 11.0 Å². The first-order chi connectivity index (χ1) is 15.7. The SMILES string of the molecule is COc1cccc(Nc2c[nH]c3ncc(Br)c(N4CCCC(NC(=O)OC(C)(C)C)C4)c23)c1. The van der Waals surface area contributed by atoms with Gasteiger partial charge in [0.1, 0.15) is 17.0 Å². The van der Waals surface area contributed by atoms with Crippen molar-refractivity contribution in [3.05, 3.63) is 41.1 Å². The number of fused-ring (bicyclic) bond motifs is 1. The number of methoxy groups -OCH3 is 1. The molecular weight excluding hydrogens is 486 g/mol. The Labute approximate surface area is 202 Å². The second-order valence-electron chi connectivity index (χ2n) is 9.17. The van der Waals surface area contributed by atoms with E-state index in [2.05, 4.69) is 41.4 Å². The minimum Gasteiger partial charge on any atom is -0.497 e. The van der Waals surface area contributed by atoms with Gasteiger partial charge in [-0.05, 0) is 61.7 Å². The van der Waals surface area contributed by atoms with Gasteiger partial charge in [-0.25, -0.2) is 9.78 Å². The summed E-state index contributed by atoms with van der Waals surface area (Å²) in [5.41, 5.74) is 3.15. The number of alkyl carbamates (subject to hydrolysis) is 1. The van der Waals surface area contributed by atoms with Crippen molar-refractivity contribution in [2.45, 2.75) is 45.3 Å². The van der Waals surface area contributed by atoms with Gasteiger partial charge in [0.15, 0.2) is 0 Å². The number of ether oxygens (including phenoxy) is 2. The number of hydrogen-bond donors (Lipinski definition) is 3. The molecule has 9 heteroatoms. The van der Waals surface area contributed by atoms with Crippen LogP contribution in [-0.2, 0) is 4.74 Å². The van der Waals surface area contributed by atoms with Crippen molar-refractivity contribution >= 4 is 50.1 Å². The van der Waals surface area contributed by atoms with Crippen molar-refractivity contribution in [1.29, 1.82) is 0 Å². The van der Waals surface area contributed by atoms with Gasteiger partial charge in [-0.3, -0.25) is 0 Å². The Hall–Kier alpha value is -2.94. The Morgan fingerprint density at radius 1 is 1.33 bits per heavy atom. The Kier molecular flexibility index (Phi) is 6.69. The average molecular weight is 516 g/mol. The second kappa shape index (κ2) is 9.51. The van der Waals surface area contributed by atoms with Crippen LogP contribution < -0.4 is 20.3 Å². The Bertz CT molecular complexity index is 1140. The number of rotatable bonds is 5. The van der Waals surface area contributed by atoms with Crippen molar-refractivity contribution < 1.29 is 14.3 Å². The molecule has 4 rings (SSSR count). The number of pyridine rings is 1. The predicted octanol–water partition coefficient (Wildman–Crippen LogP) is 5.57. The first-order valence-corrected chi connectivity index (χ1v) is 11.8. The third kappa shape index (κ3) is 5.52. The molecule has 3 N–H and O–H groups in total. The molecule has 1 amide bonds. The van der Waals surface area contributed by atoms with Gasteiger partial charge in [-0.2, -0.15) is 0 Å². The molecule has 1 aromatic carbocycles. The monoisotopic (exact) mass is 515 g/mol. The molecule has 0 spiro atoms. The van der Waals surface area contributed by atoms with Crippen molar-refractivity contribution in [3.8, 4) is 5.75 Å². The molecule has 0 aliphatic carbocycles. The van der Waals surface area contributed by atoms with E-state index >= 15 is 0 Å². The first-order valence-electron chi connectivity index (χ1n) is 11.0. The lowest BCUT2D eigenvalue weighted by Crippen LogP contribution is -2.49. The van der Waals surface area contributed by atoms with Crippen LogP contribution in [0.4, 0.5) is 21.9 Å². The lowest BCUT2D eigenvalue weighted by Gasteiger charge is -2.36. The topological polar surface area (TPSA) is 91.5 Å². The molecule has 1 aliphatic heterocycles. The number of aromatic amines is 1. The molecule has 3 aromatic rings. The predicted molar refractivity (Wildman–Crippen MR) is 135 cm³/mol. The van der Waals surface area contributed by atoms with Crippen molar-refractivity contribution in [1.82, 2.24) is 15.3 Å². The van der Waals surface area contributed by atoms with E-state index < -0.39 is 5.60 Å². The van der Waals surface area contributed by atoms with Gasteiger partial charge in [-0.1, -0.05) is 6.07 Å². The van der Waals surface area contributed by atoms with Crippen molar-refractivity contribution in [3.63, 3.8) is 0 Å². The van der Waals surface area contributed by atoms with Crippen LogP contribution in [0, 0.1) is 0 Å². The normalized spacial score (nSPS) is 16.5. The number of nitrogens with one attached hydrogen (secondary N) is 3. The highest BCUT2D eigenvalue weighted by Crippen LogP contribution is 2.40. The number of amides is 1. The number of benzene rings is 1. The standard InChI is InChI=1S/C24H30BrN5O3/c1-24(2,3)33-23(31)29-16-8-6-10-30(14-16)21-18(25)12-26-22-20(21)19(13-27-22)28-15-7-5-9-17(11-15)32-4/h5,7,9,11-13,16,28H,6,8,10,14H2,1-4H3,(H,26,27)(H,29,31). The van der Waals surface area contributed by atoms with Gasteiger partial charge in [0.05, 0.1) is 28.3 Å². The average Bonchev–Trinajstić information content (AvgIpc) is 3.15. The molecule has 1 unspecified atom stereocenters. The summed E-state index contributed by atoms with van der Waals surface area (Å²) >= 11 is 3.71.